The van der Waals surface area contributed by atoms with Crippen LogP contribution in [-0.2, 0) is 6.54 Å². The third kappa shape index (κ3) is 16.6. The summed E-state index contributed by atoms with van der Waals surface area (Å²) in [6, 6.07) is 48.1. The molecule has 1 saturated carbocycles. The minimum atomic E-state index is -6.71. The first kappa shape index (κ1) is 101. The lowest BCUT2D eigenvalue weighted by atomic mass is 9.12. The number of benzene rings is 12. The van der Waals surface area contributed by atoms with Gasteiger partial charge >= 0.3 is 0 Å². The molecule has 13 aromatic rings. The first-order valence-corrected chi connectivity index (χ1v) is 40.8. The molecule has 0 spiro atoms. The maximum atomic E-state index is 16.1. The monoisotopic (exact) mass is 1920 g/mol. The van der Waals surface area contributed by atoms with Crippen molar-refractivity contribution in [1.29, 1.82) is 0 Å². The molecule has 36 heteroatoms. The number of nitrogens with zero attached hydrogens (tertiary/aromatic N) is 1. The summed E-state index contributed by atoms with van der Waals surface area (Å²) in [5, 5.41) is 4.57. The van der Waals surface area contributed by atoms with E-state index in [0.29, 0.717) is 0 Å². The molecule has 0 N–H and O–H groups in total. The Morgan fingerprint density at radius 1 is 0.215 bits per heavy atom. The van der Waals surface area contributed by atoms with Crippen LogP contribution in [0.15, 0.2) is 205 Å². The number of pyridine rings is 1. The number of rotatable bonds is 23. The van der Waals surface area contributed by atoms with Gasteiger partial charge in [0.1, 0.15) is 129 Å². The van der Waals surface area contributed by atoms with Crippen molar-refractivity contribution < 1.29 is 145 Å². The molecule has 1 aliphatic carbocycles. The van der Waals surface area contributed by atoms with E-state index in [0.717, 1.165) is 17.8 Å². The van der Waals surface area contributed by atoms with E-state index in [1.807, 2.05) is 24.3 Å². The first-order valence-electron chi connectivity index (χ1n) is 38.9. The van der Waals surface area contributed by atoms with E-state index in [1.165, 1.54) is 34.3 Å². The van der Waals surface area contributed by atoms with Crippen LogP contribution in [0.2, 0.25) is 0 Å². The van der Waals surface area contributed by atoms with E-state index < -0.39 is 294 Å². The molecule has 1 nitrogen and oxygen atoms in total. The second-order valence-electron chi connectivity index (χ2n) is 29.5. The zero-order valence-corrected chi connectivity index (χ0v) is 69.7. The molecule has 135 heavy (non-hydrogen) atoms. The van der Waals surface area contributed by atoms with Crippen LogP contribution in [0.4, 0.5) is 140 Å². The van der Waals surface area contributed by atoms with E-state index in [2.05, 4.69) is 191 Å². The highest BCUT2D eigenvalue weighted by Crippen LogP contribution is 2.67. The molecule has 0 aliphatic heterocycles. The lowest BCUT2D eigenvalue weighted by Crippen LogP contribution is -2.81. The summed E-state index contributed by atoms with van der Waals surface area (Å²) in [6.07, 6.45) is -4.55. The summed E-state index contributed by atoms with van der Waals surface area (Å²) >= 11 is 0. The van der Waals surface area contributed by atoms with E-state index >= 15 is 140 Å². The third-order valence-electron chi connectivity index (χ3n) is 22.7. The minimum absolute atomic E-state index is 0.0213. The largest absolute Gasteiger partial charge is 0.207 e. The Bertz CT molecular complexity index is 5800. The second kappa shape index (κ2) is 40.3. The standard InChI is InChI=1S/2C32H12BF16.C21H20P.C14H14N/c2*1-5-9-17(34)25(42)13(26(43)18(9)35)33(14-27(44)19(36)10(6-2)20(37)28(14)45,15-29(46)21(38)11(7-3)22(39)30(15)47)16-31(48)23(40)12(8-4)24(41)32(16)49;1-4-10-18(11-5-1)22(21-16-17-21,19-12-6-2-7-13-19)20-14-8-3-9-15-20;1-2-13-6-8-14(9-7-13)12-15-10-4-3-5-11-15/h2*5-8H,1-4H2;1-15,21H,16-17H2;2-11H,1,12H2/q2*-1;2*+1. The minimum Gasteiger partial charge on any atom is -0.207 e. The van der Waals surface area contributed by atoms with Gasteiger partial charge in [0, 0.05) is 17.7 Å². The molecule has 0 saturated heterocycles. The number of aromatic nitrogens is 1. The zero-order valence-electron chi connectivity index (χ0n) is 68.8. The van der Waals surface area contributed by atoms with Gasteiger partial charge < -0.3 is 0 Å². The topological polar surface area (TPSA) is 3.88 Å². The molecule has 1 aliphatic rings. The fourth-order valence-electron chi connectivity index (χ4n) is 16.6. The summed E-state index contributed by atoms with van der Waals surface area (Å²) in [6.45, 7) is 27.2. The Labute approximate surface area is 747 Å². The summed E-state index contributed by atoms with van der Waals surface area (Å²) in [5.41, 5.74) is -36.1. The van der Waals surface area contributed by atoms with E-state index in [9.17, 15) is 0 Å². The van der Waals surface area contributed by atoms with Crippen LogP contribution in [0.1, 0.15) is 68.5 Å². The molecule has 0 bridgehead atoms. The molecule has 0 unspecified atom stereocenters. The van der Waals surface area contributed by atoms with Crippen molar-refractivity contribution in [2.75, 3.05) is 0 Å². The van der Waals surface area contributed by atoms with Gasteiger partial charge in [-0.05, 0) is 54.8 Å². The molecule has 12 aromatic carbocycles. The third-order valence-corrected chi connectivity index (χ3v) is 27.6. The molecular weight excluding hydrogens is 1860 g/mol. The van der Waals surface area contributed by atoms with Crippen molar-refractivity contribution in [2.24, 2.45) is 0 Å². The van der Waals surface area contributed by atoms with Gasteiger partial charge in [-0.15, -0.1) is 43.7 Å². The Balaban J connectivity index is 0.000000189. The van der Waals surface area contributed by atoms with Crippen LogP contribution >= 0.6 is 7.26 Å². The van der Waals surface area contributed by atoms with Crippen molar-refractivity contribution in [2.45, 2.75) is 25.0 Å². The van der Waals surface area contributed by atoms with Crippen LogP contribution in [0.25, 0.3) is 54.7 Å². The summed E-state index contributed by atoms with van der Waals surface area (Å²) < 4.78 is 505. The van der Waals surface area contributed by atoms with Crippen molar-refractivity contribution in [3.63, 3.8) is 0 Å². The van der Waals surface area contributed by atoms with Crippen molar-refractivity contribution in [3.8, 4) is 0 Å². The zero-order chi connectivity index (χ0) is 99.7. The van der Waals surface area contributed by atoms with Crippen LogP contribution in [0.5, 0.6) is 0 Å². The number of halogens is 32. The normalized spacial score (nSPS) is 11.9. The fraction of sp³-hybridized carbons (Fsp3) is 0.0404. The predicted molar refractivity (Wildman–Crippen MR) is 460 cm³/mol. The Hall–Kier alpha value is -14.2. The van der Waals surface area contributed by atoms with Gasteiger partial charge in [0.15, 0.2) is 112 Å². The van der Waals surface area contributed by atoms with Crippen LogP contribution in [-0.4, -0.2) is 18.0 Å². The van der Waals surface area contributed by atoms with Gasteiger partial charge in [0.05, 0.1) is 50.2 Å². The molecule has 1 heterocycles. The fourth-order valence-corrected chi connectivity index (χ4v) is 21.6. The van der Waals surface area contributed by atoms with Gasteiger partial charge in [-0.2, -0.15) is 0 Å². The molecule has 0 amide bonds. The van der Waals surface area contributed by atoms with E-state index in [1.54, 1.807) is 0 Å². The quantitative estimate of drug-likeness (QED) is 0.0198. The van der Waals surface area contributed by atoms with Gasteiger partial charge in [-0.25, -0.2) is 145 Å². The lowest BCUT2D eigenvalue weighted by Gasteiger charge is -2.45. The van der Waals surface area contributed by atoms with Gasteiger partial charge in [-0.3, -0.25) is 0 Å². The predicted octanol–water partition coefficient (Wildman–Crippen LogP) is 22.5. The first-order chi connectivity index (χ1) is 64.0. The highest BCUT2D eigenvalue weighted by Gasteiger charge is 2.58. The van der Waals surface area contributed by atoms with Gasteiger partial charge in [0.2, 0.25) is 0 Å². The van der Waals surface area contributed by atoms with Gasteiger partial charge in [0.25, 0.3) is 0 Å². The Morgan fingerprint density at radius 3 is 0.526 bits per heavy atom. The molecule has 0 atom stereocenters. The molecule has 694 valence electrons. The smallest absolute Gasteiger partial charge is 0.173 e. The number of hydrogen-bond donors (Lipinski definition) is 0. The van der Waals surface area contributed by atoms with Crippen molar-refractivity contribution >= 4 is 134 Å². The summed E-state index contributed by atoms with van der Waals surface area (Å²) in [5.74, 6) is -95.0. The van der Waals surface area contributed by atoms with E-state index in [-0.39, 0.29) is 48.6 Å². The van der Waals surface area contributed by atoms with Crippen LogP contribution in [0, 0.1) is 186 Å². The van der Waals surface area contributed by atoms with E-state index in [4.69, 9.17) is 0 Å². The average Bonchev–Trinajstić information content (AvgIpc) is 1.48. The van der Waals surface area contributed by atoms with Crippen LogP contribution in [0.3, 0.4) is 0 Å². The highest BCUT2D eigenvalue weighted by atomic mass is 31.2. The molecule has 0 radical (unpaired) electrons. The molecule has 1 aromatic heterocycles. The summed E-state index contributed by atoms with van der Waals surface area (Å²) in [4.78, 5) is 0. The maximum Gasteiger partial charge on any atom is 0.173 e. The number of hydrogen-bond acceptors (Lipinski definition) is 0. The Morgan fingerprint density at radius 2 is 0.378 bits per heavy atom. The Kier molecular flexibility index (Phi) is 30.2. The van der Waals surface area contributed by atoms with Gasteiger partial charge in [-0.1, -0.05) is 199 Å². The maximum absolute atomic E-state index is 16.1. The van der Waals surface area contributed by atoms with Crippen LogP contribution < -0.4 is 64.2 Å². The molecule has 1 fully saturated rings. The lowest BCUT2D eigenvalue weighted by molar-refractivity contribution is -0.688. The SMILES string of the molecule is C=Cc1c(F)c(F)c([B-](c2c(F)c(F)c(C=C)c(F)c2F)(c2c(F)c(F)c(C=C)c(F)c2F)c2c(F)c(F)c(C=C)c(F)c2F)c(F)c1F.C=Cc1c(F)c(F)c([B-](c2c(F)c(F)c(C=C)c(F)c2F)(c2c(F)c(F)c(C=C)c(F)c2F)c2c(F)c(F)c(C=C)c(F)c2F)c(F)c1F.C=Cc1ccc(C[n+]2ccccc2)cc1.c1ccc([P+](c2ccccc2)(c2ccccc2)C2CC2)cc1. The molecular formula is C99H58B2F32NP. The molecule has 14 rings (SSSR count). The second-order valence-corrected chi connectivity index (χ2v) is 33.2. The highest BCUT2D eigenvalue weighted by molar-refractivity contribution is 7.96. The summed E-state index contributed by atoms with van der Waals surface area (Å²) in [7, 11) is -1.51. The van der Waals surface area contributed by atoms with Crippen molar-refractivity contribution in [1.82, 2.24) is 0 Å². The average molecular weight is 1920 g/mol. The van der Waals surface area contributed by atoms with Crippen molar-refractivity contribution in [3.05, 3.63) is 447 Å².